The fourth-order valence-electron chi connectivity index (χ4n) is 0.830. The van der Waals surface area contributed by atoms with Gasteiger partial charge < -0.3 is 0 Å². The van der Waals surface area contributed by atoms with Gasteiger partial charge >= 0.3 is 0 Å². The van der Waals surface area contributed by atoms with Crippen LogP contribution in [0.25, 0.3) is 0 Å². The Kier molecular flexibility index (Phi) is 1.33. The van der Waals surface area contributed by atoms with Crippen LogP contribution in [0, 0.1) is 0 Å². The first kappa shape index (κ1) is 5.99. The first-order chi connectivity index (χ1) is 4.25. The van der Waals surface area contributed by atoms with Crippen LogP contribution in [0.3, 0.4) is 0 Å². The van der Waals surface area contributed by atoms with Crippen LogP contribution in [-0.2, 0) is 9.59 Å². The molecule has 0 N–H and O–H groups in total. The summed E-state index contributed by atoms with van der Waals surface area (Å²) in [4.78, 5) is 21.3. The van der Waals surface area contributed by atoms with E-state index in [0.717, 1.165) is 0 Å². The van der Waals surface area contributed by atoms with Gasteiger partial charge in [0.05, 0.1) is 0 Å². The number of hydrogen-bond acceptors (Lipinski definition) is 2. The first-order valence-electron chi connectivity index (χ1n) is 2.72. The lowest BCUT2D eigenvalue weighted by molar-refractivity contribution is -0.116. The molecule has 2 heteroatoms. The van der Waals surface area contributed by atoms with Crippen molar-refractivity contribution < 1.29 is 9.59 Å². The molecule has 0 spiro atoms. The molecule has 1 saturated carbocycles. The molecule has 0 amide bonds. The lowest BCUT2D eigenvalue weighted by Gasteiger charge is -1.80. The van der Waals surface area contributed by atoms with Gasteiger partial charge in [-0.3, -0.25) is 9.59 Å². The van der Waals surface area contributed by atoms with Crippen molar-refractivity contribution in [3.8, 4) is 0 Å². The fraction of sp³-hybridized carbons (Fsp3) is 0.286. The van der Waals surface area contributed by atoms with E-state index in [2.05, 4.69) is 12.3 Å². The third-order valence-electron chi connectivity index (χ3n) is 1.31. The van der Waals surface area contributed by atoms with E-state index in [4.69, 9.17) is 0 Å². The predicted octanol–water partition coefficient (Wildman–Crippen LogP) is 0.630. The molecule has 0 aromatic carbocycles. The minimum atomic E-state index is -0.116. The van der Waals surface area contributed by atoms with E-state index in [9.17, 15) is 9.59 Å². The number of allylic oxidation sites excluding steroid dienone is 1. The second kappa shape index (κ2) is 2.00. The van der Waals surface area contributed by atoms with Gasteiger partial charge in [-0.25, -0.2) is 0 Å². The molecule has 0 saturated heterocycles. The predicted molar refractivity (Wildman–Crippen MR) is 31.9 cm³/mol. The molecule has 2 nitrogen and oxygen atoms in total. The summed E-state index contributed by atoms with van der Waals surface area (Å²) in [6.45, 7) is 3.24. The Morgan fingerprint density at radius 1 is 1.22 bits per heavy atom. The summed E-state index contributed by atoms with van der Waals surface area (Å²) >= 11 is 0. The molecule has 46 valence electrons. The van der Waals surface area contributed by atoms with E-state index in [1.807, 2.05) is 0 Å². The van der Waals surface area contributed by atoms with Gasteiger partial charge in [0.2, 0.25) is 0 Å². The zero-order valence-electron chi connectivity index (χ0n) is 4.94. The van der Waals surface area contributed by atoms with Crippen LogP contribution in [0.2, 0.25) is 0 Å². The summed E-state index contributed by atoms with van der Waals surface area (Å²) in [5, 5.41) is 0. The monoisotopic (exact) mass is 122 g/mol. The number of Topliss-reactive ketones (excluding diaryl/α,β-unsaturated/α-hetero) is 2. The molecule has 1 fully saturated rings. The van der Waals surface area contributed by atoms with E-state index >= 15 is 0 Å². The summed E-state index contributed by atoms with van der Waals surface area (Å²) in [6, 6.07) is 0. The van der Waals surface area contributed by atoms with E-state index in [1.54, 1.807) is 0 Å². The molecule has 0 aromatic rings. The maximum absolute atomic E-state index is 10.7. The van der Waals surface area contributed by atoms with Crippen molar-refractivity contribution in [3.05, 3.63) is 17.9 Å². The van der Waals surface area contributed by atoms with Gasteiger partial charge in [0.25, 0.3) is 0 Å². The molecule has 0 aliphatic heterocycles. The number of carbonyl (C=O) groups excluding carboxylic acids is 2. The van der Waals surface area contributed by atoms with Gasteiger partial charge in [0.15, 0.2) is 11.6 Å². The molecule has 9 heavy (non-hydrogen) atoms. The van der Waals surface area contributed by atoms with Crippen molar-refractivity contribution in [3.63, 3.8) is 0 Å². The van der Waals surface area contributed by atoms with E-state index in [-0.39, 0.29) is 17.1 Å². The highest BCUT2D eigenvalue weighted by molar-refractivity contribution is 6.24. The molecule has 0 heterocycles. The molecule has 0 atom stereocenters. The van der Waals surface area contributed by atoms with E-state index in [0.29, 0.717) is 12.8 Å². The molecule has 0 radical (unpaired) electrons. The van der Waals surface area contributed by atoms with Crippen LogP contribution in [0.4, 0.5) is 0 Å². The summed E-state index contributed by atoms with van der Waals surface area (Å²) in [5.74, 6) is -0.231. The SMILES string of the molecule is C=C=C1C(=O)CCC1=O. The molecular formula is C7H6O2. The summed E-state index contributed by atoms with van der Waals surface area (Å²) < 4.78 is 0. The quantitative estimate of drug-likeness (QED) is 0.268. The maximum Gasteiger partial charge on any atom is 0.174 e. The molecule has 0 bridgehead atoms. The number of rotatable bonds is 0. The Hall–Kier alpha value is -1.14. The fourth-order valence-corrected chi connectivity index (χ4v) is 0.830. The Labute approximate surface area is 52.9 Å². The van der Waals surface area contributed by atoms with Crippen LogP contribution in [-0.4, -0.2) is 11.6 Å². The van der Waals surface area contributed by atoms with Gasteiger partial charge in [-0.2, -0.15) is 0 Å². The topological polar surface area (TPSA) is 34.1 Å². The second-order valence-electron chi connectivity index (χ2n) is 1.90. The zero-order chi connectivity index (χ0) is 6.85. The Bertz CT molecular complexity index is 201. The largest absolute Gasteiger partial charge is 0.293 e. The highest BCUT2D eigenvalue weighted by Gasteiger charge is 2.24. The molecule has 0 aromatic heterocycles. The van der Waals surface area contributed by atoms with Gasteiger partial charge in [0.1, 0.15) is 5.57 Å². The highest BCUT2D eigenvalue weighted by Crippen LogP contribution is 2.14. The van der Waals surface area contributed by atoms with Crippen molar-refractivity contribution in [1.29, 1.82) is 0 Å². The van der Waals surface area contributed by atoms with E-state index in [1.165, 1.54) is 0 Å². The number of hydrogen-bond donors (Lipinski definition) is 0. The van der Waals surface area contributed by atoms with Crippen LogP contribution in [0.15, 0.2) is 17.9 Å². The minimum Gasteiger partial charge on any atom is -0.293 e. The van der Waals surface area contributed by atoms with Crippen LogP contribution in [0.5, 0.6) is 0 Å². The first-order valence-corrected chi connectivity index (χ1v) is 2.72. The second-order valence-corrected chi connectivity index (χ2v) is 1.90. The molecule has 1 rings (SSSR count). The zero-order valence-corrected chi connectivity index (χ0v) is 4.94. The van der Waals surface area contributed by atoms with Gasteiger partial charge in [-0.15, -0.1) is 5.73 Å². The van der Waals surface area contributed by atoms with Gasteiger partial charge in [-0.1, -0.05) is 6.58 Å². The number of carbonyl (C=O) groups is 2. The molecule has 0 unspecified atom stereocenters. The third kappa shape index (κ3) is 0.843. The van der Waals surface area contributed by atoms with Crippen molar-refractivity contribution in [1.82, 2.24) is 0 Å². The average Bonchev–Trinajstić information content (AvgIpc) is 2.12. The molecule has 1 aliphatic carbocycles. The van der Waals surface area contributed by atoms with E-state index < -0.39 is 0 Å². The smallest absolute Gasteiger partial charge is 0.174 e. The lowest BCUT2D eigenvalue weighted by atomic mass is 10.2. The number of ketones is 2. The summed E-state index contributed by atoms with van der Waals surface area (Å²) in [6.07, 6.45) is 0.688. The Morgan fingerprint density at radius 2 is 1.67 bits per heavy atom. The van der Waals surface area contributed by atoms with Crippen LogP contribution in [0.1, 0.15) is 12.8 Å². The lowest BCUT2D eigenvalue weighted by Crippen LogP contribution is -1.96. The van der Waals surface area contributed by atoms with Crippen LogP contribution < -0.4 is 0 Å². The van der Waals surface area contributed by atoms with Gasteiger partial charge in [-0.05, 0) is 0 Å². The van der Waals surface area contributed by atoms with Gasteiger partial charge in [0, 0.05) is 12.8 Å². The average molecular weight is 122 g/mol. The molecule has 1 aliphatic rings. The van der Waals surface area contributed by atoms with Crippen molar-refractivity contribution >= 4 is 11.6 Å². The Morgan fingerprint density at radius 3 is 1.89 bits per heavy atom. The summed E-state index contributed by atoms with van der Waals surface area (Å²) in [5.41, 5.74) is 2.49. The Balaban J connectivity index is 3.05. The van der Waals surface area contributed by atoms with Crippen molar-refractivity contribution in [2.45, 2.75) is 12.8 Å². The van der Waals surface area contributed by atoms with Crippen molar-refractivity contribution in [2.75, 3.05) is 0 Å². The van der Waals surface area contributed by atoms with Crippen molar-refractivity contribution in [2.24, 2.45) is 0 Å². The maximum atomic E-state index is 10.7. The van der Waals surface area contributed by atoms with Crippen LogP contribution >= 0.6 is 0 Å². The minimum absolute atomic E-state index is 0.116. The highest BCUT2D eigenvalue weighted by atomic mass is 16.2. The normalized spacial score (nSPS) is 18.4. The summed E-state index contributed by atoms with van der Waals surface area (Å²) in [7, 11) is 0. The third-order valence-corrected chi connectivity index (χ3v) is 1.31. The standard InChI is InChI=1S/C7H6O2/c1-2-5-6(8)3-4-7(5)9/h1,3-4H2. The molecular weight excluding hydrogens is 116 g/mol.